The Kier molecular flexibility index (Phi) is 11.1. The smallest absolute Gasteiger partial charge is 0.324 e. The van der Waals surface area contributed by atoms with Crippen molar-refractivity contribution in [2.75, 3.05) is 27.4 Å². The predicted molar refractivity (Wildman–Crippen MR) is 129 cm³/mol. The van der Waals surface area contributed by atoms with Gasteiger partial charge in [0.25, 0.3) is 0 Å². The number of methoxy groups -OCH3 is 2. The minimum absolute atomic E-state index is 0.0678. The lowest BCUT2D eigenvalue weighted by atomic mass is 9.78. The Balaban J connectivity index is 2.43. The maximum atomic E-state index is 13.2. The highest BCUT2D eigenvalue weighted by Crippen LogP contribution is 2.40. The molecule has 9 heteroatoms. The van der Waals surface area contributed by atoms with Crippen LogP contribution in [0.25, 0.3) is 0 Å². The number of carbonyl (C=O) groups is 2. The molecule has 0 aliphatic rings. The van der Waals surface area contributed by atoms with Gasteiger partial charge in [0.1, 0.15) is 12.4 Å². The van der Waals surface area contributed by atoms with E-state index in [0.29, 0.717) is 17.9 Å². The van der Waals surface area contributed by atoms with Crippen LogP contribution in [0.4, 0.5) is 0 Å². The van der Waals surface area contributed by atoms with Gasteiger partial charge in [0, 0.05) is 37.1 Å². The van der Waals surface area contributed by atoms with Gasteiger partial charge < -0.3 is 23.7 Å². The highest BCUT2D eigenvalue weighted by Gasteiger charge is 2.51. The quantitative estimate of drug-likeness (QED) is 0.206. The standard InChI is InChI=1S/C25H30Cl2O7/c1-5-32-23(28)25(24(29)33-6-2,15-22(30-3)31-4)14-19-20(26)12-18(13-21(19)27)34-16-17-10-8-7-9-11-17/h7-13,22H,5-6,14-16H2,1-4H3. The SMILES string of the molecule is CCOC(=O)C(Cc1c(Cl)cc(OCc2ccccc2)cc1Cl)(CC(OC)OC)C(=O)OCC. The highest BCUT2D eigenvalue weighted by molar-refractivity contribution is 6.36. The fourth-order valence-electron chi connectivity index (χ4n) is 3.43. The largest absolute Gasteiger partial charge is 0.489 e. The second kappa shape index (κ2) is 13.5. The molecule has 0 aromatic heterocycles. The molecular weight excluding hydrogens is 483 g/mol. The van der Waals surface area contributed by atoms with Crippen LogP contribution in [0.2, 0.25) is 10.0 Å². The number of rotatable bonds is 13. The van der Waals surface area contributed by atoms with E-state index in [-0.39, 0.29) is 36.1 Å². The minimum atomic E-state index is -1.79. The normalized spacial score (nSPS) is 11.4. The topological polar surface area (TPSA) is 80.3 Å². The summed E-state index contributed by atoms with van der Waals surface area (Å²) in [7, 11) is 2.82. The molecule has 186 valence electrons. The predicted octanol–water partition coefficient (Wildman–Crippen LogP) is 5.24. The fourth-order valence-corrected chi connectivity index (χ4v) is 4.03. The number of ether oxygens (including phenoxy) is 5. The van der Waals surface area contributed by atoms with Gasteiger partial charge in [-0.15, -0.1) is 0 Å². The Morgan fingerprint density at radius 3 is 1.91 bits per heavy atom. The first kappa shape index (κ1) is 27.9. The summed E-state index contributed by atoms with van der Waals surface area (Å²) < 4.78 is 26.9. The van der Waals surface area contributed by atoms with E-state index in [1.165, 1.54) is 14.2 Å². The maximum Gasteiger partial charge on any atom is 0.324 e. The third kappa shape index (κ3) is 7.09. The number of hydrogen-bond donors (Lipinski definition) is 0. The molecule has 2 aromatic carbocycles. The van der Waals surface area contributed by atoms with Crippen molar-refractivity contribution >= 4 is 35.1 Å². The van der Waals surface area contributed by atoms with E-state index in [9.17, 15) is 9.59 Å². The Morgan fingerprint density at radius 1 is 0.912 bits per heavy atom. The summed E-state index contributed by atoms with van der Waals surface area (Å²) >= 11 is 13.1. The molecule has 0 atom stereocenters. The molecule has 7 nitrogen and oxygen atoms in total. The number of benzene rings is 2. The Bertz CT molecular complexity index is 905. The van der Waals surface area contributed by atoms with Crippen LogP contribution in [0.1, 0.15) is 31.4 Å². The first-order valence-electron chi connectivity index (χ1n) is 10.9. The van der Waals surface area contributed by atoms with Crippen molar-refractivity contribution in [1.29, 1.82) is 0 Å². The Morgan fingerprint density at radius 2 is 1.44 bits per heavy atom. The molecule has 0 amide bonds. The molecule has 0 heterocycles. The molecule has 0 bridgehead atoms. The lowest BCUT2D eigenvalue weighted by Crippen LogP contribution is -2.47. The van der Waals surface area contributed by atoms with Crippen LogP contribution in [0, 0.1) is 5.41 Å². The molecule has 0 aliphatic carbocycles. The van der Waals surface area contributed by atoms with E-state index in [1.807, 2.05) is 30.3 Å². The van der Waals surface area contributed by atoms with Crippen LogP contribution in [0.5, 0.6) is 5.75 Å². The van der Waals surface area contributed by atoms with Crippen molar-refractivity contribution in [2.24, 2.45) is 5.41 Å². The Hall–Kier alpha value is -2.32. The molecule has 2 aromatic rings. The van der Waals surface area contributed by atoms with E-state index in [2.05, 4.69) is 0 Å². The molecule has 0 radical (unpaired) electrons. The van der Waals surface area contributed by atoms with E-state index < -0.39 is 23.6 Å². The fraction of sp³-hybridized carbons (Fsp3) is 0.440. The van der Waals surface area contributed by atoms with E-state index >= 15 is 0 Å². The molecule has 0 N–H and O–H groups in total. The van der Waals surface area contributed by atoms with E-state index in [1.54, 1.807) is 26.0 Å². The summed E-state index contributed by atoms with van der Waals surface area (Å²) in [5, 5.41) is 0.472. The maximum absolute atomic E-state index is 13.2. The summed E-state index contributed by atoms with van der Waals surface area (Å²) in [5.41, 5.74) is -0.433. The molecule has 0 saturated carbocycles. The Labute approximate surface area is 210 Å². The van der Waals surface area contributed by atoms with Gasteiger partial charge >= 0.3 is 11.9 Å². The van der Waals surface area contributed by atoms with Crippen LogP contribution in [-0.4, -0.2) is 45.7 Å². The van der Waals surface area contributed by atoms with Crippen molar-refractivity contribution in [3.05, 3.63) is 63.6 Å². The molecule has 0 spiro atoms. The van der Waals surface area contributed by atoms with Gasteiger partial charge in [-0.3, -0.25) is 9.59 Å². The molecule has 2 rings (SSSR count). The van der Waals surface area contributed by atoms with Gasteiger partial charge in [0.2, 0.25) is 0 Å². The zero-order chi connectivity index (χ0) is 25.1. The van der Waals surface area contributed by atoms with Crippen molar-refractivity contribution in [1.82, 2.24) is 0 Å². The minimum Gasteiger partial charge on any atom is -0.489 e. The average molecular weight is 513 g/mol. The lowest BCUT2D eigenvalue weighted by Gasteiger charge is -2.32. The van der Waals surface area contributed by atoms with Crippen molar-refractivity contribution in [3.63, 3.8) is 0 Å². The number of esters is 2. The highest BCUT2D eigenvalue weighted by atomic mass is 35.5. The van der Waals surface area contributed by atoms with Gasteiger partial charge in [-0.2, -0.15) is 0 Å². The molecular formula is C25H30Cl2O7. The molecule has 0 aliphatic heterocycles. The summed E-state index contributed by atoms with van der Waals surface area (Å²) in [5.74, 6) is -1.10. The van der Waals surface area contributed by atoms with E-state index in [0.717, 1.165) is 5.56 Å². The van der Waals surface area contributed by atoms with Crippen molar-refractivity contribution in [2.45, 2.75) is 39.6 Å². The second-order valence-corrected chi connectivity index (χ2v) is 8.26. The average Bonchev–Trinajstić information content (AvgIpc) is 2.83. The zero-order valence-corrected chi connectivity index (χ0v) is 21.3. The van der Waals surface area contributed by atoms with Crippen molar-refractivity contribution in [3.8, 4) is 5.75 Å². The van der Waals surface area contributed by atoms with Crippen LogP contribution in [-0.2, 0) is 41.6 Å². The molecule has 0 fully saturated rings. The van der Waals surface area contributed by atoms with Crippen LogP contribution in [0.3, 0.4) is 0 Å². The van der Waals surface area contributed by atoms with Crippen molar-refractivity contribution < 1.29 is 33.3 Å². The first-order valence-corrected chi connectivity index (χ1v) is 11.6. The van der Waals surface area contributed by atoms with Crippen LogP contribution < -0.4 is 4.74 Å². The van der Waals surface area contributed by atoms with Gasteiger partial charge in [0.05, 0.1) is 13.2 Å². The summed E-state index contributed by atoms with van der Waals surface area (Å²) in [6.07, 6.45) is -1.21. The summed E-state index contributed by atoms with van der Waals surface area (Å²) in [6, 6.07) is 12.8. The first-order chi connectivity index (χ1) is 16.3. The van der Waals surface area contributed by atoms with Gasteiger partial charge in [0.15, 0.2) is 11.7 Å². The van der Waals surface area contributed by atoms with Gasteiger partial charge in [-0.1, -0.05) is 53.5 Å². The molecule has 0 saturated heterocycles. The summed E-state index contributed by atoms with van der Waals surface area (Å²) in [6.45, 7) is 3.76. The lowest BCUT2D eigenvalue weighted by molar-refractivity contribution is -0.184. The van der Waals surface area contributed by atoms with Crippen LogP contribution >= 0.6 is 23.2 Å². The monoisotopic (exact) mass is 512 g/mol. The van der Waals surface area contributed by atoms with Gasteiger partial charge in [-0.25, -0.2) is 0 Å². The summed E-state index contributed by atoms with van der Waals surface area (Å²) in [4.78, 5) is 26.3. The third-order valence-electron chi connectivity index (χ3n) is 5.21. The number of halogens is 2. The van der Waals surface area contributed by atoms with E-state index in [4.69, 9.17) is 46.9 Å². The van der Waals surface area contributed by atoms with Crippen LogP contribution in [0.15, 0.2) is 42.5 Å². The number of carbonyl (C=O) groups excluding carboxylic acids is 2. The molecule has 0 unspecified atom stereocenters. The third-order valence-corrected chi connectivity index (χ3v) is 5.89. The molecule has 34 heavy (non-hydrogen) atoms. The number of hydrogen-bond acceptors (Lipinski definition) is 7. The van der Waals surface area contributed by atoms with Gasteiger partial charge in [-0.05, 0) is 37.1 Å². The zero-order valence-electron chi connectivity index (χ0n) is 19.8. The second-order valence-electron chi connectivity index (χ2n) is 7.44.